The van der Waals surface area contributed by atoms with E-state index in [1.54, 1.807) is 0 Å². The van der Waals surface area contributed by atoms with Gasteiger partial charge in [-0.05, 0) is 25.2 Å². The molecule has 0 heterocycles. The molecule has 0 aliphatic rings. The van der Waals surface area contributed by atoms with Crippen LogP contribution in [0.2, 0.25) is 0 Å². The molecule has 0 unspecified atom stereocenters. The zero-order valence-corrected chi connectivity index (χ0v) is 13.0. The van der Waals surface area contributed by atoms with E-state index < -0.39 is 0 Å². The van der Waals surface area contributed by atoms with Crippen molar-refractivity contribution in [2.45, 2.75) is 85.7 Å². The van der Waals surface area contributed by atoms with Gasteiger partial charge in [-0.15, -0.1) is 0 Å². The number of carbonyl (C=O) groups excluding carboxylic acids is 1. The molecule has 0 fully saturated rings. The summed E-state index contributed by atoms with van der Waals surface area (Å²) in [7, 11) is 0. The number of hydrogen-bond acceptors (Lipinski definition) is 2. The standard InChI is InChI=1S/C16H32O2/c1-6-10-13(3)11-8-9-12-14(4)15(5)18-16(17)7-2/h13-15H,6-12H2,1-5H3/t13-,14+,15-/m0/s1. The van der Waals surface area contributed by atoms with E-state index in [2.05, 4.69) is 20.8 Å². The summed E-state index contributed by atoms with van der Waals surface area (Å²) in [4.78, 5) is 11.2. The van der Waals surface area contributed by atoms with Gasteiger partial charge in [0.1, 0.15) is 6.10 Å². The van der Waals surface area contributed by atoms with E-state index in [1.165, 1.54) is 32.1 Å². The Bertz CT molecular complexity index is 213. The van der Waals surface area contributed by atoms with Crippen LogP contribution in [-0.4, -0.2) is 12.1 Å². The highest BCUT2D eigenvalue weighted by molar-refractivity contribution is 5.69. The molecule has 0 aliphatic carbocycles. The Balaban J connectivity index is 3.63. The fraction of sp³-hybridized carbons (Fsp3) is 0.938. The first-order chi connectivity index (χ1) is 8.51. The molecule has 0 saturated heterocycles. The van der Waals surface area contributed by atoms with Gasteiger partial charge in [-0.25, -0.2) is 0 Å². The second kappa shape index (κ2) is 10.4. The first kappa shape index (κ1) is 17.5. The Morgan fingerprint density at radius 1 is 1.00 bits per heavy atom. The molecule has 108 valence electrons. The molecule has 0 spiro atoms. The lowest BCUT2D eigenvalue weighted by molar-refractivity contribution is -0.150. The molecule has 18 heavy (non-hydrogen) atoms. The molecule has 3 atom stereocenters. The average Bonchev–Trinajstić information content (AvgIpc) is 2.34. The van der Waals surface area contributed by atoms with Crippen molar-refractivity contribution >= 4 is 5.97 Å². The molecule has 2 heteroatoms. The first-order valence-corrected chi connectivity index (χ1v) is 7.70. The van der Waals surface area contributed by atoms with Crippen LogP contribution in [0.25, 0.3) is 0 Å². The Labute approximate surface area is 113 Å². The van der Waals surface area contributed by atoms with E-state index in [4.69, 9.17) is 4.74 Å². The SMILES string of the molecule is CCC[C@H](C)CCCC[C@@H](C)[C@H](C)OC(=O)CC. The fourth-order valence-corrected chi connectivity index (χ4v) is 2.24. The minimum atomic E-state index is -0.0779. The van der Waals surface area contributed by atoms with Gasteiger partial charge in [-0.2, -0.15) is 0 Å². The van der Waals surface area contributed by atoms with Crippen molar-refractivity contribution in [1.82, 2.24) is 0 Å². The monoisotopic (exact) mass is 256 g/mol. The van der Waals surface area contributed by atoms with Crippen LogP contribution < -0.4 is 0 Å². The summed E-state index contributed by atoms with van der Waals surface area (Å²) in [5.74, 6) is 1.26. The van der Waals surface area contributed by atoms with Crippen molar-refractivity contribution < 1.29 is 9.53 Å². The van der Waals surface area contributed by atoms with Gasteiger partial charge >= 0.3 is 5.97 Å². The first-order valence-electron chi connectivity index (χ1n) is 7.70. The molecule has 0 N–H and O–H groups in total. The van der Waals surface area contributed by atoms with Gasteiger partial charge in [-0.3, -0.25) is 4.79 Å². The highest BCUT2D eigenvalue weighted by Gasteiger charge is 2.15. The normalized spacial score (nSPS) is 16.1. The zero-order valence-electron chi connectivity index (χ0n) is 13.0. The van der Waals surface area contributed by atoms with E-state index in [-0.39, 0.29) is 12.1 Å². The second-order valence-electron chi connectivity index (χ2n) is 5.70. The number of ether oxygens (including phenoxy) is 1. The molecule has 0 aromatic heterocycles. The Kier molecular flexibility index (Phi) is 10.1. The lowest BCUT2D eigenvalue weighted by Crippen LogP contribution is -2.21. The van der Waals surface area contributed by atoms with Crippen molar-refractivity contribution in [1.29, 1.82) is 0 Å². The van der Waals surface area contributed by atoms with Gasteiger partial charge in [0.2, 0.25) is 0 Å². The third-order valence-corrected chi connectivity index (χ3v) is 3.80. The second-order valence-corrected chi connectivity index (χ2v) is 5.70. The fourth-order valence-electron chi connectivity index (χ4n) is 2.24. The highest BCUT2D eigenvalue weighted by atomic mass is 16.5. The predicted molar refractivity (Wildman–Crippen MR) is 77.5 cm³/mol. The number of hydrogen-bond donors (Lipinski definition) is 0. The maximum absolute atomic E-state index is 11.2. The summed E-state index contributed by atoms with van der Waals surface area (Å²) >= 11 is 0. The smallest absolute Gasteiger partial charge is 0.305 e. The summed E-state index contributed by atoms with van der Waals surface area (Å²) in [5, 5.41) is 0. The maximum Gasteiger partial charge on any atom is 0.305 e. The van der Waals surface area contributed by atoms with Gasteiger partial charge in [0.15, 0.2) is 0 Å². The molecule has 0 amide bonds. The van der Waals surface area contributed by atoms with Gasteiger partial charge in [0.25, 0.3) is 0 Å². The molecular formula is C16H32O2. The number of unbranched alkanes of at least 4 members (excludes halogenated alkanes) is 1. The van der Waals surface area contributed by atoms with Crippen LogP contribution >= 0.6 is 0 Å². The lowest BCUT2D eigenvalue weighted by atomic mass is 9.94. The molecular weight excluding hydrogens is 224 g/mol. The summed E-state index contributed by atoms with van der Waals surface area (Å²) in [6.07, 6.45) is 8.24. The highest BCUT2D eigenvalue weighted by Crippen LogP contribution is 2.19. The van der Waals surface area contributed by atoms with Crippen LogP contribution in [0.4, 0.5) is 0 Å². The topological polar surface area (TPSA) is 26.3 Å². The quantitative estimate of drug-likeness (QED) is 0.408. The van der Waals surface area contributed by atoms with Crippen molar-refractivity contribution in [2.75, 3.05) is 0 Å². The molecule has 0 saturated carbocycles. The molecule has 0 rings (SSSR count). The third kappa shape index (κ3) is 8.54. The molecule has 0 aromatic carbocycles. The largest absolute Gasteiger partial charge is 0.462 e. The minimum absolute atomic E-state index is 0.0607. The van der Waals surface area contributed by atoms with Gasteiger partial charge in [0.05, 0.1) is 0 Å². The van der Waals surface area contributed by atoms with Crippen LogP contribution in [0.3, 0.4) is 0 Å². The van der Waals surface area contributed by atoms with Crippen molar-refractivity contribution in [3.05, 3.63) is 0 Å². The van der Waals surface area contributed by atoms with Crippen LogP contribution in [0.1, 0.15) is 79.6 Å². The van der Waals surface area contributed by atoms with E-state index >= 15 is 0 Å². The van der Waals surface area contributed by atoms with E-state index in [0.717, 1.165) is 12.3 Å². The van der Waals surface area contributed by atoms with Crippen LogP contribution in [0.15, 0.2) is 0 Å². The van der Waals surface area contributed by atoms with Crippen molar-refractivity contribution in [3.8, 4) is 0 Å². The summed E-state index contributed by atoms with van der Waals surface area (Å²) in [6, 6.07) is 0. The molecule has 0 radical (unpaired) electrons. The number of esters is 1. The van der Waals surface area contributed by atoms with Crippen molar-refractivity contribution in [3.63, 3.8) is 0 Å². The summed E-state index contributed by atoms with van der Waals surface area (Å²) in [5.41, 5.74) is 0. The van der Waals surface area contributed by atoms with Crippen LogP contribution in [0.5, 0.6) is 0 Å². The van der Waals surface area contributed by atoms with E-state index in [0.29, 0.717) is 12.3 Å². The molecule has 0 aliphatic heterocycles. The Morgan fingerprint density at radius 2 is 1.61 bits per heavy atom. The van der Waals surface area contributed by atoms with Crippen molar-refractivity contribution in [2.24, 2.45) is 11.8 Å². The Hall–Kier alpha value is -0.530. The summed E-state index contributed by atoms with van der Waals surface area (Å²) in [6.45, 7) is 10.6. The third-order valence-electron chi connectivity index (χ3n) is 3.80. The number of rotatable bonds is 10. The zero-order chi connectivity index (χ0) is 14.0. The van der Waals surface area contributed by atoms with Gasteiger partial charge < -0.3 is 4.74 Å². The average molecular weight is 256 g/mol. The van der Waals surface area contributed by atoms with Crippen LogP contribution in [-0.2, 0) is 9.53 Å². The Morgan fingerprint density at radius 3 is 2.17 bits per heavy atom. The number of carbonyl (C=O) groups is 1. The molecule has 2 nitrogen and oxygen atoms in total. The minimum Gasteiger partial charge on any atom is -0.462 e. The molecule has 0 bridgehead atoms. The predicted octanol–water partition coefficient (Wildman–Crippen LogP) is 4.96. The van der Waals surface area contributed by atoms with E-state index in [9.17, 15) is 4.79 Å². The summed E-state index contributed by atoms with van der Waals surface area (Å²) < 4.78 is 5.34. The maximum atomic E-state index is 11.2. The van der Waals surface area contributed by atoms with Gasteiger partial charge in [0, 0.05) is 6.42 Å². The molecule has 0 aromatic rings. The van der Waals surface area contributed by atoms with Crippen LogP contribution in [0, 0.1) is 11.8 Å². The van der Waals surface area contributed by atoms with E-state index in [1.807, 2.05) is 13.8 Å². The van der Waals surface area contributed by atoms with Gasteiger partial charge in [-0.1, -0.05) is 59.8 Å². The lowest BCUT2D eigenvalue weighted by Gasteiger charge is -2.20.